The summed E-state index contributed by atoms with van der Waals surface area (Å²) in [5.41, 5.74) is 12.6. The zero-order valence-corrected chi connectivity index (χ0v) is 10.6. The minimum Gasteiger partial charge on any atom is -0.382 e. The highest BCUT2D eigenvalue weighted by Crippen LogP contribution is 2.32. The lowest BCUT2D eigenvalue weighted by Crippen LogP contribution is -2.04. The van der Waals surface area contributed by atoms with Crippen molar-refractivity contribution in [3.63, 3.8) is 0 Å². The maximum atomic E-state index is 6.12. The number of hydrogen-bond acceptors (Lipinski definition) is 5. The largest absolute Gasteiger partial charge is 0.382 e. The van der Waals surface area contributed by atoms with Gasteiger partial charge in [0.05, 0.1) is 0 Å². The van der Waals surface area contributed by atoms with E-state index in [-0.39, 0.29) is 11.8 Å². The Balaban J connectivity index is 2.35. The number of aromatic nitrogens is 3. The van der Waals surface area contributed by atoms with Crippen LogP contribution in [-0.2, 0) is 0 Å². The topological polar surface area (TPSA) is 90.7 Å². The fourth-order valence-corrected chi connectivity index (χ4v) is 2.24. The molecular weight excluding hydrogens is 262 g/mol. The maximum Gasteiger partial charge on any atom is 0.242 e. The van der Waals surface area contributed by atoms with Crippen LogP contribution in [-0.4, -0.2) is 15.2 Å². The molecule has 3 aromatic rings. The van der Waals surface area contributed by atoms with Crippen molar-refractivity contribution >= 4 is 34.1 Å². The summed E-state index contributed by atoms with van der Waals surface area (Å²) < 4.78 is 0. The molecule has 19 heavy (non-hydrogen) atoms. The van der Waals surface area contributed by atoms with E-state index in [9.17, 15) is 0 Å². The molecule has 0 fully saturated rings. The van der Waals surface area contributed by atoms with Gasteiger partial charge < -0.3 is 11.5 Å². The Bertz CT molecular complexity index is 772. The van der Waals surface area contributed by atoms with Gasteiger partial charge in [-0.05, 0) is 22.9 Å². The second-order valence-corrected chi connectivity index (χ2v) is 4.51. The average molecular weight is 272 g/mol. The summed E-state index contributed by atoms with van der Waals surface area (Å²) in [6.07, 6.45) is 0. The highest BCUT2D eigenvalue weighted by Gasteiger charge is 2.12. The molecule has 3 rings (SSSR count). The maximum absolute atomic E-state index is 6.12. The Morgan fingerprint density at radius 1 is 1.00 bits per heavy atom. The van der Waals surface area contributed by atoms with Crippen LogP contribution in [0, 0.1) is 0 Å². The van der Waals surface area contributed by atoms with Crippen LogP contribution in [0.1, 0.15) is 0 Å². The third kappa shape index (κ3) is 2.04. The molecule has 0 radical (unpaired) electrons. The van der Waals surface area contributed by atoms with Crippen molar-refractivity contribution in [1.29, 1.82) is 0 Å². The lowest BCUT2D eigenvalue weighted by molar-refractivity contribution is 1.00. The van der Waals surface area contributed by atoms with E-state index in [2.05, 4.69) is 15.2 Å². The molecule has 94 valence electrons. The summed E-state index contributed by atoms with van der Waals surface area (Å²) in [6, 6.07) is 11.5. The number of hydrogen-bond donors (Lipinski definition) is 2. The summed E-state index contributed by atoms with van der Waals surface area (Å²) in [5, 5.41) is 10.4. The molecule has 6 heteroatoms. The van der Waals surface area contributed by atoms with Crippen LogP contribution in [0.2, 0.25) is 5.02 Å². The highest BCUT2D eigenvalue weighted by molar-refractivity contribution is 6.32. The van der Waals surface area contributed by atoms with Crippen LogP contribution in [0.15, 0.2) is 36.4 Å². The average Bonchev–Trinajstić information content (AvgIpc) is 2.38. The van der Waals surface area contributed by atoms with Crippen LogP contribution >= 0.6 is 11.6 Å². The van der Waals surface area contributed by atoms with E-state index < -0.39 is 0 Å². The van der Waals surface area contributed by atoms with E-state index in [1.54, 1.807) is 6.07 Å². The van der Waals surface area contributed by atoms with Crippen molar-refractivity contribution in [3.8, 4) is 11.3 Å². The lowest BCUT2D eigenvalue weighted by atomic mass is 10.0. The zero-order chi connectivity index (χ0) is 13.4. The first-order chi connectivity index (χ1) is 9.15. The first-order valence-corrected chi connectivity index (χ1v) is 5.97. The molecule has 5 nitrogen and oxygen atoms in total. The molecule has 1 heterocycles. The number of rotatable bonds is 1. The molecule has 0 amide bonds. The molecule has 0 saturated carbocycles. The standard InChI is InChI=1S/C13H10ClN5/c14-8-5-7-3-1-2-4-9(7)10(6-8)11-12(15)17-13(16)19-18-11/h1-6H,(H4,15,16,17,19). The fourth-order valence-electron chi connectivity index (χ4n) is 2.01. The minimum atomic E-state index is 0.0487. The molecule has 0 spiro atoms. The Kier molecular flexibility index (Phi) is 2.68. The van der Waals surface area contributed by atoms with Crippen molar-refractivity contribution in [2.24, 2.45) is 0 Å². The molecule has 0 aliphatic heterocycles. The van der Waals surface area contributed by atoms with E-state index in [0.29, 0.717) is 10.7 Å². The van der Waals surface area contributed by atoms with Gasteiger partial charge in [-0.25, -0.2) is 0 Å². The minimum absolute atomic E-state index is 0.0487. The van der Waals surface area contributed by atoms with Gasteiger partial charge in [-0.3, -0.25) is 0 Å². The van der Waals surface area contributed by atoms with Gasteiger partial charge >= 0.3 is 0 Å². The Labute approximate surface area is 114 Å². The summed E-state index contributed by atoms with van der Waals surface area (Å²) in [4.78, 5) is 3.93. The molecular formula is C13H10ClN5. The quantitative estimate of drug-likeness (QED) is 0.710. The molecule has 2 aromatic carbocycles. The first kappa shape index (κ1) is 11.7. The zero-order valence-electron chi connectivity index (χ0n) is 9.84. The van der Waals surface area contributed by atoms with Crippen LogP contribution in [0.3, 0.4) is 0 Å². The first-order valence-electron chi connectivity index (χ1n) is 5.59. The number of nitrogens with two attached hydrogens (primary N) is 2. The number of benzene rings is 2. The predicted octanol–water partition coefficient (Wildman–Crippen LogP) is 2.51. The highest BCUT2D eigenvalue weighted by atomic mass is 35.5. The molecule has 1 aromatic heterocycles. The summed E-state index contributed by atoms with van der Waals surface area (Å²) in [5.74, 6) is 0.285. The second kappa shape index (κ2) is 4.37. The fraction of sp³-hybridized carbons (Fsp3) is 0. The van der Waals surface area contributed by atoms with Gasteiger partial charge in [-0.1, -0.05) is 35.9 Å². The molecule has 0 aliphatic rings. The Hall–Kier alpha value is -2.40. The van der Waals surface area contributed by atoms with Crippen LogP contribution < -0.4 is 11.5 Å². The van der Waals surface area contributed by atoms with Gasteiger partial charge in [0, 0.05) is 10.6 Å². The number of nitrogens with zero attached hydrogens (tertiary/aromatic N) is 3. The van der Waals surface area contributed by atoms with E-state index in [4.69, 9.17) is 23.1 Å². The monoisotopic (exact) mass is 271 g/mol. The summed E-state index contributed by atoms with van der Waals surface area (Å²) in [7, 11) is 0. The van der Waals surface area contributed by atoms with Crippen molar-refractivity contribution in [2.45, 2.75) is 0 Å². The third-order valence-electron chi connectivity index (χ3n) is 2.81. The van der Waals surface area contributed by atoms with Crippen LogP contribution in [0.5, 0.6) is 0 Å². The van der Waals surface area contributed by atoms with E-state index in [0.717, 1.165) is 16.3 Å². The normalized spacial score (nSPS) is 10.8. The summed E-state index contributed by atoms with van der Waals surface area (Å²) >= 11 is 6.12. The van der Waals surface area contributed by atoms with Crippen molar-refractivity contribution in [3.05, 3.63) is 41.4 Å². The van der Waals surface area contributed by atoms with Crippen LogP contribution in [0.4, 0.5) is 11.8 Å². The molecule has 0 aliphatic carbocycles. The second-order valence-electron chi connectivity index (χ2n) is 4.08. The van der Waals surface area contributed by atoms with Gasteiger partial charge in [0.15, 0.2) is 5.82 Å². The van der Waals surface area contributed by atoms with E-state index >= 15 is 0 Å². The van der Waals surface area contributed by atoms with E-state index in [1.807, 2.05) is 30.3 Å². The summed E-state index contributed by atoms with van der Waals surface area (Å²) in [6.45, 7) is 0. The van der Waals surface area contributed by atoms with Gasteiger partial charge in [0.25, 0.3) is 0 Å². The van der Waals surface area contributed by atoms with E-state index in [1.165, 1.54) is 0 Å². The molecule has 0 atom stereocenters. The van der Waals surface area contributed by atoms with Crippen molar-refractivity contribution in [2.75, 3.05) is 11.5 Å². The van der Waals surface area contributed by atoms with Crippen molar-refractivity contribution in [1.82, 2.24) is 15.2 Å². The Morgan fingerprint density at radius 2 is 1.79 bits per heavy atom. The van der Waals surface area contributed by atoms with Gasteiger partial charge in [-0.15, -0.1) is 10.2 Å². The molecule has 0 saturated heterocycles. The molecule has 4 N–H and O–H groups in total. The van der Waals surface area contributed by atoms with Gasteiger partial charge in [0.2, 0.25) is 5.95 Å². The Morgan fingerprint density at radius 3 is 2.58 bits per heavy atom. The van der Waals surface area contributed by atoms with Crippen LogP contribution in [0.25, 0.3) is 22.0 Å². The van der Waals surface area contributed by atoms with Gasteiger partial charge in [-0.2, -0.15) is 4.98 Å². The van der Waals surface area contributed by atoms with Crippen molar-refractivity contribution < 1.29 is 0 Å². The smallest absolute Gasteiger partial charge is 0.242 e. The number of anilines is 2. The predicted molar refractivity (Wildman–Crippen MR) is 76.6 cm³/mol. The number of halogens is 1. The third-order valence-corrected chi connectivity index (χ3v) is 3.03. The SMILES string of the molecule is Nc1nnc(-c2cc(Cl)cc3ccccc23)c(N)n1. The molecule has 0 unspecified atom stereocenters. The number of fused-ring (bicyclic) bond motifs is 1. The van der Waals surface area contributed by atoms with Gasteiger partial charge in [0.1, 0.15) is 5.69 Å². The lowest BCUT2D eigenvalue weighted by Gasteiger charge is -2.08. The number of nitrogen functional groups attached to an aromatic ring is 2. The molecule has 0 bridgehead atoms.